The Morgan fingerprint density at radius 2 is 2.18 bits per heavy atom. The first-order chi connectivity index (χ1) is 10.3. The van der Waals surface area contributed by atoms with Gasteiger partial charge in [0.25, 0.3) is 5.56 Å². The van der Waals surface area contributed by atoms with Gasteiger partial charge >= 0.3 is 6.09 Å². The van der Waals surface area contributed by atoms with Gasteiger partial charge in [-0.05, 0) is 33.6 Å². The van der Waals surface area contributed by atoms with Crippen LogP contribution in [0.25, 0.3) is 0 Å². The van der Waals surface area contributed by atoms with Crippen molar-refractivity contribution in [2.45, 2.75) is 45.3 Å². The van der Waals surface area contributed by atoms with Crippen LogP contribution in [0, 0.1) is 0 Å². The van der Waals surface area contributed by atoms with E-state index in [-0.39, 0.29) is 11.6 Å². The highest BCUT2D eigenvalue weighted by molar-refractivity contribution is 5.68. The third-order valence-corrected chi connectivity index (χ3v) is 3.44. The summed E-state index contributed by atoms with van der Waals surface area (Å²) < 4.78 is 6.78. The van der Waals surface area contributed by atoms with Crippen LogP contribution in [0.4, 0.5) is 10.6 Å². The number of aryl methyl sites for hydroxylation is 1. The molecule has 1 aromatic heterocycles. The third kappa shape index (κ3) is 4.22. The van der Waals surface area contributed by atoms with Gasteiger partial charge in [-0.1, -0.05) is 0 Å². The Balaban J connectivity index is 2.02. The number of anilines is 1. The SMILES string of the molecule is Cn1ccnc(N2CCC[C@@H](NC(=O)OC(C)(C)C)C2)c1=O. The zero-order valence-electron chi connectivity index (χ0n) is 13.6. The molecule has 0 aromatic carbocycles. The summed E-state index contributed by atoms with van der Waals surface area (Å²) in [5.74, 6) is 0.431. The van der Waals surface area contributed by atoms with Crippen molar-refractivity contribution in [2.75, 3.05) is 18.0 Å². The molecule has 1 aromatic rings. The van der Waals surface area contributed by atoms with Crippen molar-refractivity contribution in [1.82, 2.24) is 14.9 Å². The molecule has 1 atom stereocenters. The topological polar surface area (TPSA) is 76.5 Å². The van der Waals surface area contributed by atoms with Crippen molar-refractivity contribution < 1.29 is 9.53 Å². The third-order valence-electron chi connectivity index (χ3n) is 3.44. The Morgan fingerprint density at radius 3 is 2.86 bits per heavy atom. The highest BCUT2D eigenvalue weighted by atomic mass is 16.6. The zero-order chi connectivity index (χ0) is 16.3. The molecule has 0 radical (unpaired) electrons. The van der Waals surface area contributed by atoms with E-state index >= 15 is 0 Å². The number of hydrogen-bond donors (Lipinski definition) is 1. The van der Waals surface area contributed by atoms with E-state index in [1.807, 2.05) is 25.7 Å². The summed E-state index contributed by atoms with van der Waals surface area (Å²) in [7, 11) is 1.70. The minimum absolute atomic E-state index is 0.0460. The molecule has 2 heterocycles. The second kappa shape index (κ2) is 6.37. The van der Waals surface area contributed by atoms with Crippen LogP contribution >= 0.6 is 0 Å². The number of piperidine rings is 1. The molecule has 2 rings (SSSR count). The summed E-state index contributed by atoms with van der Waals surface area (Å²) in [6.07, 6.45) is 4.57. The van der Waals surface area contributed by atoms with Crippen LogP contribution in [0.2, 0.25) is 0 Å². The van der Waals surface area contributed by atoms with Crippen molar-refractivity contribution >= 4 is 11.9 Å². The Hall–Kier alpha value is -2.05. The maximum absolute atomic E-state index is 12.1. The zero-order valence-corrected chi connectivity index (χ0v) is 13.6. The summed E-state index contributed by atoms with van der Waals surface area (Å²) in [6, 6.07) is -0.0460. The van der Waals surface area contributed by atoms with E-state index in [1.54, 1.807) is 19.4 Å². The Labute approximate surface area is 130 Å². The maximum Gasteiger partial charge on any atom is 0.407 e. The number of nitrogens with one attached hydrogen (secondary N) is 1. The number of nitrogens with zero attached hydrogens (tertiary/aromatic N) is 3. The van der Waals surface area contributed by atoms with Gasteiger partial charge in [0.2, 0.25) is 0 Å². The molecule has 1 amide bonds. The van der Waals surface area contributed by atoms with Gasteiger partial charge < -0.3 is 19.5 Å². The normalized spacial score (nSPS) is 18.9. The van der Waals surface area contributed by atoms with Gasteiger partial charge in [0.1, 0.15) is 5.60 Å². The van der Waals surface area contributed by atoms with E-state index < -0.39 is 11.7 Å². The molecule has 1 fully saturated rings. The molecular formula is C15H24N4O3. The molecule has 0 saturated carbocycles. The molecule has 122 valence electrons. The predicted molar refractivity (Wildman–Crippen MR) is 84.1 cm³/mol. The van der Waals surface area contributed by atoms with E-state index in [0.717, 1.165) is 19.4 Å². The standard InChI is InChI=1S/C15H24N4O3/c1-15(2,3)22-14(21)17-11-6-5-8-19(10-11)12-13(20)18(4)9-7-16-12/h7,9,11H,5-6,8,10H2,1-4H3,(H,17,21)/t11-/m1/s1. The molecular weight excluding hydrogens is 284 g/mol. The Kier molecular flexibility index (Phi) is 4.73. The molecule has 1 N–H and O–H groups in total. The average molecular weight is 308 g/mol. The first-order valence-electron chi connectivity index (χ1n) is 7.52. The van der Waals surface area contributed by atoms with E-state index in [2.05, 4.69) is 10.3 Å². The minimum atomic E-state index is -0.518. The quantitative estimate of drug-likeness (QED) is 0.890. The van der Waals surface area contributed by atoms with Gasteiger partial charge in [-0.15, -0.1) is 0 Å². The predicted octanol–water partition coefficient (Wildman–Crippen LogP) is 1.27. The molecule has 1 saturated heterocycles. The van der Waals surface area contributed by atoms with E-state index in [9.17, 15) is 9.59 Å². The fourth-order valence-corrected chi connectivity index (χ4v) is 2.46. The van der Waals surface area contributed by atoms with E-state index in [0.29, 0.717) is 12.4 Å². The fourth-order valence-electron chi connectivity index (χ4n) is 2.46. The van der Waals surface area contributed by atoms with Crippen LogP contribution in [-0.2, 0) is 11.8 Å². The minimum Gasteiger partial charge on any atom is -0.444 e. The van der Waals surface area contributed by atoms with Gasteiger partial charge in [0.05, 0.1) is 0 Å². The lowest BCUT2D eigenvalue weighted by molar-refractivity contribution is 0.0500. The van der Waals surface area contributed by atoms with Gasteiger partial charge in [0, 0.05) is 38.6 Å². The van der Waals surface area contributed by atoms with Crippen LogP contribution in [0.1, 0.15) is 33.6 Å². The number of rotatable bonds is 2. The van der Waals surface area contributed by atoms with Crippen molar-refractivity contribution in [3.05, 3.63) is 22.7 Å². The lowest BCUT2D eigenvalue weighted by Gasteiger charge is -2.33. The highest BCUT2D eigenvalue weighted by Crippen LogP contribution is 2.15. The number of carbonyl (C=O) groups excluding carboxylic acids is 1. The van der Waals surface area contributed by atoms with Crippen molar-refractivity contribution in [2.24, 2.45) is 7.05 Å². The molecule has 0 aliphatic carbocycles. The van der Waals surface area contributed by atoms with Gasteiger partial charge in [-0.2, -0.15) is 0 Å². The second-order valence-corrected chi connectivity index (χ2v) is 6.60. The smallest absolute Gasteiger partial charge is 0.407 e. The summed E-state index contributed by atoms with van der Waals surface area (Å²) in [6.45, 7) is 6.82. The first kappa shape index (κ1) is 16.3. The molecule has 0 spiro atoms. The highest BCUT2D eigenvalue weighted by Gasteiger charge is 2.26. The largest absolute Gasteiger partial charge is 0.444 e. The van der Waals surface area contributed by atoms with Gasteiger partial charge in [-0.3, -0.25) is 4.79 Å². The lowest BCUT2D eigenvalue weighted by Crippen LogP contribution is -2.50. The van der Waals surface area contributed by atoms with Gasteiger partial charge in [-0.25, -0.2) is 9.78 Å². The lowest BCUT2D eigenvalue weighted by atomic mass is 10.1. The van der Waals surface area contributed by atoms with Crippen LogP contribution in [0.3, 0.4) is 0 Å². The summed E-state index contributed by atoms with van der Waals surface area (Å²) >= 11 is 0. The Bertz CT molecular complexity index is 591. The molecule has 1 aliphatic heterocycles. The monoisotopic (exact) mass is 308 g/mol. The molecule has 7 heteroatoms. The number of carbonyl (C=O) groups is 1. The van der Waals surface area contributed by atoms with Crippen molar-refractivity contribution in [1.29, 1.82) is 0 Å². The Morgan fingerprint density at radius 1 is 1.45 bits per heavy atom. The summed E-state index contributed by atoms with van der Waals surface area (Å²) in [5, 5.41) is 2.87. The number of amides is 1. The molecule has 22 heavy (non-hydrogen) atoms. The van der Waals surface area contributed by atoms with Crippen LogP contribution in [0.5, 0.6) is 0 Å². The number of ether oxygens (including phenoxy) is 1. The molecule has 0 bridgehead atoms. The molecule has 0 unspecified atom stereocenters. The average Bonchev–Trinajstić information content (AvgIpc) is 2.40. The second-order valence-electron chi connectivity index (χ2n) is 6.60. The van der Waals surface area contributed by atoms with Crippen molar-refractivity contribution in [3.63, 3.8) is 0 Å². The summed E-state index contributed by atoms with van der Waals surface area (Å²) in [4.78, 5) is 30.1. The number of aromatic nitrogens is 2. The number of alkyl carbamates (subject to hydrolysis) is 1. The maximum atomic E-state index is 12.1. The van der Waals surface area contributed by atoms with E-state index in [4.69, 9.17) is 4.74 Å². The fraction of sp³-hybridized carbons (Fsp3) is 0.667. The number of hydrogen-bond acceptors (Lipinski definition) is 5. The van der Waals surface area contributed by atoms with Gasteiger partial charge in [0.15, 0.2) is 5.82 Å². The van der Waals surface area contributed by atoms with E-state index in [1.165, 1.54) is 4.57 Å². The molecule has 7 nitrogen and oxygen atoms in total. The van der Waals surface area contributed by atoms with Crippen LogP contribution < -0.4 is 15.8 Å². The van der Waals surface area contributed by atoms with Crippen molar-refractivity contribution in [3.8, 4) is 0 Å². The molecule has 1 aliphatic rings. The van der Waals surface area contributed by atoms with Crippen LogP contribution in [-0.4, -0.2) is 40.4 Å². The van der Waals surface area contributed by atoms with Crippen LogP contribution in [0.15, 0.2) is 17.2 Å². The first-order valence-corrected chi connectivity index (χ1v) is 7.52. The summed E-state index contributed by atoms with van der Waals surface area (Å²) in [5.41, 5.74) is -0.643.